The molecule has 4 nitrogen and oxygen atoms in total. The standard InChI is InChI=1S/C16H23FN2O2/c1-11(18-10-12-6-5-9-19(12)2)15-14(20-3)8-7-13(17)16(15)21-4/h7-8,12H,5-6,9-10H2,1-4H3/b18-11+. The van der Waals surface area contributed by atoms with Gasteiger partial charge in [-0.05, 0) is 45.5 Å². The molecule has 21 heavy (non-hydrogen) atoms. The SMILES string of the molecule is COc1ccc(F)c(OC)c1/C(C)=N/CC1CCCN1C. The first-order chi connectivity index (χ1) is 10.1. The molecule has 0 spiro atoms. The van der Waals surface area contributed by atoms with Crippen molar-refractivity contribution in [3.63, 3.8) is 0 Å². The summed E-state index contributed by atoms with van der Waals surface area (Å²) in [6.07, 6.45) is 2.37. The van der Waals surface area contributed by atoms with Gasteiger partial charge in [-0.3, -0.25) is 4.99 Å². The quantitative estimate of drug-likeness (QED) is 0.783. The van der Waals surface area contributed by atoms with E-state index in [1.54, 1.807) is 13.2 Å². The van der Waals surface area contributed by atoms with E-state index >= 15 is 0 Å². The summed E-state index contributed by atoms with van der Waals surface area (Å²) in [5.41, 5.74) is 1.34. The fourth-order valence-electron chi connectivity index (χ4n) is 2.78. The van der Waals surface area contributed by atoms with Crippen molar-refractivity contribution in [3.05, 3.63) is 23.5 Å². The molecule has 1 heterocycles. The predicted molar refractivity (Wildman–Crippen MR) is 82.2 cm³/mol. The maximum absolute atomic E-state index is 13.9. The summed E-state index contributed by atoms with van der Waals surface area (Å²) in [4.78, 5) is 6.95. The van der Waals surface area contributed by atoms with Crippen LogP contribution in [0.1, 0.15) is 25.3 Å². The molecule has 1 fully saturated rings. The van der Waals surface area contributed by atoms with Crippen LogP contribution < -0.4 is 9.47 Å². The Morgan fingerprint density at radius 3 is 2.71 bits per heavy atom. The van der Waals surface area contributed by atoms with E-state index in [-0.39, 0.29) is 5.75 Å². The van der Waals surface area contributed by atoms with Gasteiger partial charge in [0.05, 0.1) is 26.3 Å². The lowest BCUT2D eigenvalue weighted by atomic mass is 10.1. The molecule has 0 saturated carbocycles. The summed E-state index contributed by atoms with van der Waals surface area (Å²) < 4.78 is 24.4. The number of rotatable bonds is 5. The van der Waals surface area contributed by atoms with Gasteiger partial charge in [0.1, 0.15) is 5.75 Å². The van der Waals surface area contributed by atoms with E-state index in [0.717, 1.165) is 18.7 Å². The van der Waals surface area contributed by atoms with Crippen LogP contribution in [0.25, 0.3) is 0 Å². The molecule has 1 unspecified atom stereocenters. The lowest BCUT2D eigenvalue weighted by Gasteiger charge is -2.18. The Morgan fingerprint density at radius 2 is 2.14 bits per heavy atom. The third kappa shape index (κ3) is 3.35. The number of halogens is 1. The zero-order valence-electron chi connectivity index (χ0n) is 13.1. The van der Waals surface area contributed by atoms with Crippen LogP contribution in [-0.4, -0.2) is 51.0 Å². The molecule has 116 valence electrons. The minimum absolute atomic E-state index is 0.190. The highest BCUT2D eigenvalue weighted by molar-refractivity contribution is 6.03. The largest absolute Gasteiger partial charge is 0.496 e. The molecule has 0 radical (unpaired) electrons. The lowest BCUT2D eigenvalue weighted by Crippen LogP contribution is -2.27. The second-order valence-corrected chi connectivity index (χ2v) is 5.36. The van der Waals surface area contributed by atoms with Gasteiger partial charge >= 0.3 is 0 Å². The van der Waals surface area contributed by atoms with Gasteiger partial charge in [-0.2, -0.15) is 0 Å². The van der Waals surface area contributed by atoms with Crippen LogP contribution in [0.3, 0.4) is 0 Å². The van der Waals surface area contributed by atoms with E-state index < -0.39 is 5.82 Å². The maximum Gasteiger partial charge on any atom is 0.167 e. The average molecular weight is 294 g/mol. The number of aliphatic imine (C=N–C) groups is 1. The van der Waals surface area contributed by atoms with E-state index in [1.165, 1.54) is 19.6 Å². The zero-order valence-corrected chi connectivity index (χ0v) is 13.1. The normalized spacial score (nSPS) is 19.9. The van der Waals surface area contributed by atoms with Gasteiger partial charge in [0, 0.05) is 11.8 Å². The molecule has 0 N–H and O–H groups in total. The van der Waals surface area contributed by atoms with Crippen molar-refractivity contribution in [2.75, 3.05) is 34.4 Å². The average Bonchev–Trinajstić information content (AvgIpc) is 2.89. The minimum atomic E-state index is -0.402. The van der Waals surface area contributed by atoms with Crippen LogP contribution in [0.15, 0.2) is 17.1 Å². The van der Waals surface area contributed by atoms with Gasteiger partial charge < -0.3 is 14.4 Å². The van der Waals surface area contributed by atoms with Crippen LogP contribution in [0.2, 0.25) is 0 Å². The van der Waals surface area contributed by atoms with Crippen molar-refractivity contribution in [2.24, 2.45) is 4.99 Å². The highest BCUT2D eigenvalue weighted by Gasteiger charge is 2.21. The summed E-state index contributed by atoms with van der Waals surface area (Å²) in [5.74, 6) is 0.366. The van der Waals surface area contributed by atoms with Crippen molar-refractivity contribution in [1.29, 1.82) is 0 Å². The van der Waals surface area contributed by atoms with Crippen molar-refractivity contribution in [2.45, 2.75) is 25.8 Å². The number of likely N-dealkylation sites (tertiary alicyclic amines) is 1. The minimum Gasteiger partial charge on any atom is -0.496 e. The van der Waals surface area contributed by atoms with Crippen molar-refractivity contribution in [3.8, 4) is 11.5 Å². The molecule has 0 aromatic heterocycles. The molecule has 2 rings (SSSR count). The van der Waals surface area contributed by atoms with Gasteiger partial charge in [-0.1, -0.05) is 0 Å². The number of hydrogen-bond donors (Lipinski definition) is 0. The zero-order chi connectivity index (χ0) is 15.4. The molecule has 1 aliphatic heterocycles. The van der Waals surface area contributed by atoms with E-state index in [4.69, 9.17) is 9.47 Å². The smallest absolute Gasteiger partial charge is 0.167 e. The molecule has 1 aromatic rings. The van der Waals surface area contributed by atoms with E-state index in [2.05, 4.69) is 16.9 Å². The van der Waals surface area contributed by atoms with Crippen LogP contribution in [0, 0.1) is 5.82 Å². The Bertz CT molecular complexity index is 531. The summed E-state index contributed by atoms with van der Waals surface area (Å²) in [6.45, 7) is 3.70. The predicted octanol–water partition coefficient (Wildman–Crippen LogP) is 2.75. The molecular formula is C16H23FN2O2. The molecule has 1 saturated heterocycles. The van der Waals surface area contributed by atoms with Gasteiger partial charge in [0.25, 0.3) is 0 Å². The Labute approximate surface area is 125 Å². The molecule has 0 aliphatic carbocycles. The molecule has 1 atom stereocenters. The van der Waals surface area contributed by atoms with Crippen LogP contribution in [0.5, 0.6) is 11.5 Å². The molecule has 1 aliphatic rings. The number of benzene rings is 1. The Morgan fingerprint density at radius 1 is 1.38 bits per heavy atom. The number of likely N-dealkylation sites (N-methyl/N-ethyl adjacent to an activating group) is 1. The van der Waals surface area contributed by atoms with E-state index in [0.29, 0.717) is 23.9 Å². The molecule has 0 amide bonds. The number of ether oxygens (including phenoxy) is 2. The molecular weight excluding hydrogens is 271 g/mol. The topological polar surface area (TPSA) is 34.1 Å². The second-order valence-electron chi connectivity index (χ2n) is 5.36. The van der Waals surface area contributed by atoms with Crippen LogP contribution in [-0.2, 0) is 0 Å². The highest BCUT2D eigenvalue weighted by atomic mass is 19.1. The number of hydrogen-bond acceptors (Lipinski definition) is 4. The fraction of sp³-hybridized carbons (Fsp3) is 0.562. The monoisotopic (exact) mass is 294 g/mol. The molecule has 5 heteroatoms. The fourth-order valence-corrected chi connectivity index (χ4v) is 2.78. The summed E-state index contributed by atoms with van der Waals surface area (Å²) in [7, 11) is 5.14. The Hall–Kier alpha value is -1.62. The first-order valence-corrected chi connectivity index (χ1v) is 7.20. The van der Waals surface area contributed by atoms with E-state index in [9.17, 15) is 4.39 Å². The van der Waals surface area contributed by atoms with Crippen LogP contribution >= 0.6 is 0 Å². The summed E-state index contributed by atoms with van der Waals surface area (Å²) in [6, 6.07) is 3.41. The van der Waals surface area contributed by atoms with Crippen molar-refractivity contribution >= 4 is 5.71 Å². The van der Waals surface area contributed by atoms with Crippen LogP contribution in [0.4, 0.5) is 4.39 Å². The second kappa shape index (κ2) is 6.89. The number of methoxy groups -OCH3 is 2. The van der Waals surface area contributed by atoms with Gasteiger partial charge in [0.15, 0.2) is 11.6 Å². The lowest BCUT2D eigenvalue weighted by molar-refractivity contribution is 0.317. The summed E-state index contributed by atoms with van der Waals surface area (Å²) >= 11 is 0. The summed E-state index contributed by atoms with van der Waals surface area (Å²) in [5, 5.41) is 0. The first-order valence-electron chi connectivity index (χ1n) is 7.20. The maximum atomic E-state index is 13.9. The van der Waals surface area contributed by atoms with Gasteiger partial charge in [0.2, 0.25) is 0 Å². The Balaban J connectivity index is 2.28. The first kappa shape index (κ1) is 15.8. The van der Waals surface area contributed by atoms with Gasteiger partial charge in [-0.15, -0.1) is 0 Å². The third-order valence-electron chi connectivity index (χ3n) is 4.07. The molecule has 1 aromatic carbocycles. The third-order valence-corrected chi connectivity index (χ3v) is 4.07. The van der Waals surface area contributed by atoms with Crippen molar-refractivity contribution in [1.82, 2.24) is 4.90 Å². The number of nitrogens with zero attached hydrogens (tertiary/aromatic N) is 2. The van der Waals surface area contributed by atoms with E-state index in [1.807, 2.05) is 6.92 Å². The highest BCUT2D eigenvalue weighted by Crippen LogP contribution is 2.32. The van der Waals surface area contributed by atoms with Gasteiger partial charge in [-0.25, -0.2) is 4.39 Å². The van der Waals surface area contributed by atoms with Crippen molar-refractivity contribution < 1.29 is 13.9 Å². The Kier molecular flexibility index (Phi) is 5.17. The molecule has 0 bridgehead atoms.